The van der Waals surface area contributed by atoms with Crippen LogP contribution in [-0.4, -0.2) is 15.0 Å². The normalized spacial score (nSPS) is 16.4. The third-order valence-corrected chi connectivity index (χ3v) is 5.76. The van der Waals surface area contributed by atoms with E-state index in [2.05, 4.69) is 38.2 Å². The van der Waals surface area contributed by atoms with Crippen LogP contribution in [0.15, 0.2) is 52.8 Å². The summed E-state index contributed by atoms with van der Waals surface area (Å²) in [5.74, 6) is -0.133. The molecule has 0 saturated carbocycles. The third kappa shape index (κ3) is 3.95. The minimum absolute atomic E-state index is 0.0860. The molecule has 3 N–H and O–H groups in total. The molecule has 3 rings (SSSR count). The monoisotopic (exact) mass is 357 g/mol. The van der Waals surface area contributed by atoms with Crippen LogP contribution in [0.3, 0.4) is 0 Å². The highest BCUT2D eigenvalue weighted by Crippen LogP contribution is 2.56. The first-order chi connectivity index (χ1) is 11.6. The smallest absolute Gasteiger partial charge is 0.228 e. The fourth-order valence-corrected chi connectivity index (χ4v) is 4.03. The lowest BCUT2D eigenvalue weighted by Gasteiger charge is -2.25. The van der Waals surface area contributed by atoms with E-state index in [9.17, 15) is 13.9 Å². The second-order valence-electron chi connectivity index (χ2n) is 7.32. The second-order valence-corrected chi connectivity index (χ2v) is 9.22. The molecule has 1 amide bonds. The molecule has 0 atom stereocenters. The molecular weight excluding hydrogens is 334 g/mol. The van der Waals surface area contributed by atoms with Gasteiger partial charge in [-0.1, -0.05) is 51.1 Å². The molecular formula is C20H23NO3S. The largest absolute Gasteiger partial charge is 0.326 e. The van der Waals surface area contributed by atoms with E-state index in [1.807, 2.05) is 12.1 Å². The first-order valence-corrected chi connectivity index (χ1v) is 9.76. The fourth-order valence-electron chi connectivity index (χ4n) is 2.76. The van der Waals surface area contributed by atoms with Gasteiger partial charge < -0.3 is 5.32 Å². The number of hydrogen-bond acceptors (Lipinski definition) is 3. The Labute approximate surface area is 149 Å². The lowest BCUT2D eigenvalue weighted by atomic mass is 9.86. The minimum Gasteiger partial charge on any atom is -0.326 e. The highest BCUT2D eigenvalue weighted by Gasteiger charge is 2.22. The molecule has 1 heterocycles. The molecule has 0 unspecified atom stereocenters. The van der Waals surface area contributed by atoms with Crippen LogP contribution in [0.1, 0.15) is 37.5 Å². The molecule has 5 heteroatoms. The summed E-state index contributed by atoms with van der Waals surface area (Å²) in [5, 5.41) is 4.23. The average Bonchev–Trinajstić information content (AvgIpc) is 2.82. The molecule has 2 aromatic carbocycles. The molecule has 25 heavy (non-hydrogen) atoms. The molecule has 1 aliphatic rings. The zero-order chi connectivity index (χ0) is 18.2. The van der Waals surface area contributed by atoms with E-state index >= 15 is 0 Å². The quantitative estimate of drug-likeness (QED) is 0.702. The lowest BCUT2D eigenvalue weighted by molar-refractivity contribution is -0.115. The minimum atomic E-state index is -2.87. The Hall–Kier alpha value is -2.08. The van der Waals surface area contributed by atoms with Crippen molar-refractivity contribution in [2.75, 3.05) is 5.32 Å². The van der Waals surface area contributed by atoms with Crippen molar-refractivity contribution in [1.82, 2.24) is 0 Å². The van der Waals surface area contributed by atoms with Gasteiger partial charge in [0.25, 0.3) is 0 Å². The summed E-state index contributed by atoms with van der Waals surface area (Å²) in [6.07, 6.45) is 1.96. The topological polar surface area (TPSA) is 69.6 Å². The Morgan fingerprint density at radius 1 is 1.08 bits per heavy atom. The van der Waals surface area contributed by atoms with E-state index in [1.54, 1.807) is 24.3 Å². The van der Waals surface area contributed by atoms with Gasteiger partial charge in [0.1, 0.15) is 0 Å². The molecule has 0 spiro atoms. The van der Waals surface area contributed by atoms with Crippen LogP contribution >= 0.6 is 10.6 Å². The van der Waals surface area contributed by atoms with E-state index in [1.165, 1.54) is 11.0 Å². The maximum Gasteiger partial charge on any atom is 0.228 e. The molecule has 1 aliphatic heterocycles. The maximum absolute atomic E-state index is 12.3. The van der Waals surface area contributed by atoms with Crippen LogP contribution in [0.4, 0.5) is 5.69 Å². The number of fused-ring (bicyclic) bond motifs is 1. The predicted octanol–water partition coefficient (Wildman–Crippen LogP) is 5.26. The van der Waals surface area contributed by atoms with E-state index in [0.29, 0.717) is 10.6 Å². The molecule has 132 valence electrons. The maximum atomic E-state index is 12.3. The van der Waals surface area contributed by atoms with Crippen molar-refractivity contribution in [3.8, 4) is 0 Å². The zero-order valence-electron chi connectivity index (χ0n) is 14.6. The first kappa shape index (κ1) is 17.7. The van der Waals surface area contributed by atoms with Gasteiger partial charge >= 0.3 is 0 Å². The van der Waals surface area contributed by atoms with Crippen molar-refractivity contribution in [2.45, 2.75) is 37.5 Å². The van der Waals surface area contributed by atoms with Gasteiger partial charge in [0.2, 0.25) is 5.91 Å². The van der Waals surface area contributed by atoms with Gasteiger partial charge in [0, 0.05) is 11.1 Å². The number of carbonyl (C=O) groups is 1. The molecule has 0 saturated heterocycles. The van der Waals surface area contributed by atoms with Crippen molar-refractivity contribution in [3.63, 3.8) is 0 Å². The molecule has 4 nitrogen and oxygen atoms in total. The summed E-state index contributed by atoms with van der Waals surface area (Å²) in [4.78, 5) is 12.7. The zero-order valence-corrected chi connectivity index (χ0v) is 15.4. The second kappa shape index (κ2) is 6.33. The number of anilines is 1. The summed E-state index contributed by atoms with van der Waals surface area (Å²) < 4.78 is 19.9. The standard InChI is InChI=1S/C20H23NO3S/c1-20(2,3)16-7-4-14(5-8-16)12-19(22)21-17-9-6-15-10-11-25(23,24)18(15)13-17/h4-11,13,23-24H,12H2,1-3H3,(H,21,22). The van der Waals surface area contributed by atoms with Gasteiger partial charge in [0.05, 0.1) is 11.3 Å². The fraction of sp³-hybridized carbons (Fsp3) is 0.250. The van der Waals surface area contributed by atoms with Crippen LogP contribution < -0.4 is 5.32 Å². The summed E-state index contributed by atoms with van der Waals surface area (Å²) >= 11 is 0. The van der Waals surface area contributed by atoms with Crippen molar-refractivity contribution in [3.05, 3.63) is 64.6 Å². The van der Waals surface area contributed by atoms with E-state index in [-0.39, 0.29) is 17.7 Å². The number of nitrogens with one attached hydrogen (secondary N) is 1. The molecule has 0 aliphatic carbocycles. The van der Waals surface area contributed by atoms with Crippen LogP contribution in [0.25, 0.3) is 6.08 Å². The Balaban J connectivity index is 1.68. The Morgan fingerprint density at radius 3 is 2.40 bits per heavy atom. The first-order valence-electron chi connectivity index (χ1n) is 8.15. The van der Waals surface area contributed by atoms with Crippen molar-refractivity contribution >= 4 is 28.3 Å². The average molecular weight is 357 g/mol. The summed E-state index contributed by atoms with van der Waals surface area (Å²) in [6, 6.07) is 13.2. The number of rotatable bonds is 3. The van der Waals surface area contributed by atoms with Gasteiger partial charge in [-0.05, 0) is 40.3 Å². The number of benzene rings is 2. The van der Waals surface area contributed by atoms with Crippen LogP contribution in [-0.2, 0) is 16.6 Å². The SMILES string of the molecule is CC(C)(C)c1ccc(CC(=O)Nc2ccc3c(c2)S(O)(O)C=C3)cc1. The summed E-state index contributed by atoms with van der Waals surface area (Å²) in [5.41, 5.74) is 3.60. The third-order valence-electron chi connectivity index (χ3n) is 4.24. The van der Waals surface area contributed by atoms with Crippen LogP contribution in [0.2, 0.25) is 0 Å². The van der Waals surface area contributed by atoms with Gasteiger partial charge in [0.15, 0.2) is 0 Å². The Kier molecular flexibility index (Phi) is 4.49. The number of amides is 1. The number of hydrogen-bond donors (Lipinski definition) is 3. The highest BCUT2D eigenvalue weighted by molar-refractivity contribution is 8.27. The predicted molar refractivity (Wildman–Crippen MR) is 104 cm³/mol. The lowest BCUT2D eigenvalue weighted by Crippen LogP contribution is -2.15. The van der Waals surface area contributed by atoms with E-state index in [0.717, 1.165) is 11.1 Å². The summed E-state index contributed by atoms with van der Waals surface area (Å²) in [7, 11) is -2.87. The van der Waals surface area contributed by atoms with Crippen molar-refractivity contribution < 1.29 is 13.9 Å². The van der Waals surface area contributed by atoms with Gasteiger partial charge in [-0.3, -0.25) is 13.9 Å². The molecule has 0 fully saturated rings. The van der Waals surface area contributed by atoms with Crippen molar-refractivity contribution in [1.29, 1.82) is 0 Å². The van der Waals surface area contributed by atoms with Crippen LogP contribution in [0, 0.1) is 0 Å². The highest BCUT2D eigenvalue weighted by atomic mass is 32.3. The molecule has 0 aromatic heterocycles. The van der Waals surface area contributed by atoms with E-state index in [4.69, 9.17) is 0 Å². The van der Waals surface area contributed by atoms with Gasteiger partial charge in [-0.25, -0.2) is 0 Å². The van der Waals surface area contributed by atoms with Crippen LogP contribution in [0.5, 0.6) is 0 Å². The van der Waals surface area contributed by atoms with E-state index < -0.39 is 10.6 Å². The van der Waals surface area contributed by atoms with Crippen molar-refractivity contribution in [2.24, 2.45) is 0 Å². The summed E-state index contributed by atoms with van der Waals surface area (Å²) in [6.45, 7) is 6.46. The Morgan fingerprint density at radius 2 is 1.76 bits per heavy atom. The molecule has 2 aromatic rings. The van der Waals surface area contributed by atoms with Gasteiger partial charge in [-0.15, -0.1) is 10.6 Å². The Bertz CT molecular complexity index is 833. The molecule has 0 bridgehead atoms. The van der Waals surface area contributed by atoms with Gasteiger partial charge in [-0.2, -0.15) is 0 Å². The molecule has 0 radical (unpaired) electrons. The number of carbonyl (C=O) groups excluding carboxylic acids is 1.